The molecule has 0 spiro atoms. The molecule has 1 aromatic carbocycles. The molecule has 2 amide bonds. The quantitative estimate of drug-likeness (QED) is 0.800. The van der Waals surface area contributed by atoms with Gasteiger partial charge in [-0.25, -0.2) is 9.78 Å². The normalized spacial score (nSPS) is 17.4. The lowest BCUT2D eigenvalue weighted by molar-refractivity contribution is 0.163. The largest absolute Gasteiger partial charge is 0.322 e. The number of carbonyl (C=O) groups excluding carboxylic acids is 1. The highest BCUT2D eigenvalue weighted by atomic mass is 35.5. The van der Waals surface area contributed by atoms with Crippen LogP contribution in [0.3, 0.4) is 0 Å². The average molecular weight is 373 g/mol. The number of pyridine rings is 1. The van der Waals surface area contributed by atoms with Gasteiger partial charge in [-0.3, -0.25) is 0 Å². The maximum absolute atomic E-state index is 12.8. The molecule has 0 bridgehead atoms. The first-order valence-electron chi connectivity index (χ1n) is 8.95. The monoisotopic (exact) mass is 372 g/mol. The second-order valence-corrected chi connectivity index (χ2v) is 7.37. The fourth-order valence-corrected chi connectivity index (χ4v) is 3.49. The van der Waals surface area contributed by atoms with Crippen molar-refractivity contribution in [2.45, 2.75) is 31.8 Å². The summed E-state index contributed by atoms with van der Waals surface area (Å²) in [6, 6.07) is 12.1. The predicted octanol–water partition coefficient (Wildman–Crippen LogP) is 4.56. The van der Waals surface area contributed by atoms with E-state index in [4.69, 9.17) is 11.6 Å². The van der Waals surface area contributed by atoms with Crippen molar-refractivity contribution < 1.29 is 4.79 Å². The molecule has 138 valence electrons. The van der Waals surface area contributed by atoms with Gasteiger partial charge in [0.25, 0.3) is 0 Å². The van der Waals surface area contributed by atoms with Gasteiger partial charge in [0.15, 0.2) is 0 Å². The fourth-order valence-electron chi connectivity index (χ4n) is 3.38. The molecule has 3 rings (SSSR count). The molecule has 26 heavy (non-hydrogen) atoms. The van der Waals surface area contributed by atoms with Crippen molar-refractivity contribution in [2.24, 2.45) is 0 Å². The summed E-state index contributed by atoms with van der Waals surface area (Å²) >= 11 is 5.81. The molecule has 0 aliphatic carbocycles. The molecule has 1 aliphatic heterocycles. The van der Waals surface area contributed by atoms with Crippen LogP contribution < -0.4 is 5.32 Å². The minimum atomic E-state index is -0.0869. The zero-order valence-electron chi connectivity index (χ0n) is 15.3. The van der Waals surface area contributed by atoms with Crippen LogP contribution in [0.4, 0.5) is 10.5 Å². The van der Waals surface area contributed by atoms with E-state index >= 15 is 0 Å². The van der Waals surface area contributed by atoms with E-state index in [1.165, 1.54) is 11.1 Å². The molecule has 1 saturated heterocycles. The zero-order valence-corrected chi connectivity index (χ0v) is 16.0. The summed E-state index contributed by atoms with van der Waals surface area (Å²) in [6.07, 6.45) is 4.73. The van der Waals surface area contributed by atoms with Gasteiger partial charge in [0.05, 0.1) is 17.9 Å². The standard InChI is InChI=1S/C20H25ClN4O/c1-24(2)14-15-6-8-16(9-7-15)18-5-3-4-12-25(18)20(26)23-17-10-11-19(21)22-13-17/h6-11,13,18H,3-5,12,14H2,1-2H3,(H,23,26)/t18-/m1/s1. The van der Waals surface area contributed by atoms with Crippen molar-refractivity contribution in [3.05, 3.63) is 58.9 Å². The third kappa shape index (κ3) is 4.74. The van der Waals surface area contributed by atoms with Gasteiger partial charge in [0.2, 0.25) is 0 Å². The third-order valence-electron chi connectivity index (χ3n) is 4.61. The molecule has 1 aliphatic rings. The maximum atomic E-state index is 12.8. The predicted molar refractivity (Wildman–Crippen MR) is 105 cm³/mol. The molecule has 0 radical (unpaired) electrons. The van der Waals surface area contributed by atoms with Gasteiger partial charge in [0.1, 0.15) is 5.15 Å². The van der Waals surface area contributed by atoms with Crippen molar-refractivity contribution in [3.8, 4) is 0 Å². The van der Waals surface area contributed by atoms with Crippen LogP contribution in [0.5, 0.6) is 0 Å². The first kappa shape index (κ1) is 18.7. The highest BCUT2D eigenvalue weighted by Gasteiger charge is 2.28. The number of carbonyl (C=O) groups is 1. The van der Waals surface area contributed by atoms with E-state index in [9.17, 15) is 4.79 Å². The van der Waals surface area contributed by atoms with E-state index in [0.29, 0.717) is 10.8 Å². The molecule has 1 fully saturated rings. The molecule has 6 heteroatoms. The summed E-state index contributed by atoms with van der Waals surface area (Å²) in [4.78, 5) is 20.9. The molecular weight excluding hydrogens is 348 g/mol. The number of amides is 2. The Morgan fingerprint density at radius 3 is 2.65 bits per heavy atom. The van der Waals surface area contributed by atoms with E-state index in [2.05, 4.69) is 53.6 Å². The number of piperidine rings is 1. The van der Waals surface area contributed by atoms with Gasteiger partial charge in [-0.1, -0.05) is 35.9 Å². The number of aromatic nitrogens is 1. The Labute approximate surface area is 160 Å². The lowest BCUT2D eigenvalue weighted by Crippen LogP contribution is -2.41. The molecule has 1 atom stereocenters. The molecule has 5 nitrogen and oxygen atoms in total. The van der Waals surface area contributed by atoms with Crippen LogP contribution in [-0.4, -0.2) is 41.5 Å². The highest BCUT2D eigenvalue weighted by Crippen LogP contribution is 2.31. The van der Waals surface area contributed by atoms with Crippen LogP contribution in [0, 0.1) is 0 Å². The second kappa shape index (κ2) is 8.52. The molecule has 1 N–H and O–H groups in total. The summed E-state index contributed by atoms with van der Waals surface area (Å²) in [6.45, 7) is 1.68. The van der Waals surface area contributed by atoms with Gasteiger partial charge in [-0.2, -0.15) is 0 Å². The minimum Gasteiger partial charge on any atom is -0.317 e. The van der Waals surface area contributed by atoms with Crippen LogP contribution in [0.1, 0.15) is 36.4 Å². The number of nitrogens with one attached hydrogen (secondary N) is 1. The smallest absolute Gasteiger partial charge is 0.317 e. The molecule has 2 heterocycles. The van der Waals surface area contributed by atoms with Gasteiger partial charge in [-0.05, 0) is 56.6 Å². The lowest BCUT2D eigenvalue weighted by atomic mass is 9.95. The number of hydrogen-bond acceptors (Lipinski definition) is 3. The number of urea groups is 1. The van der Waals surface area contributed by atoms with Crippen molar-refractivity contribution in [1.82, 2.24) is 14.8 Å². The number of halogens is 1. The number of anilines is 1. The van der Waals surface area contributed by atoms with E-state index in [0.717, 1.165) is 32.4 Å². The Balaban J connectivity index is 1.72. The summed E-state index contributed by atoms with van der Waals surface area (Å²) in [7, 11) is 4.12. The van der Waals surface area contributed by atoms with Crippen LogP contribution in [0.15, 0.2) is 42.6 Å². The first-order valence-corrected chi connectivity index (χ1v) is 9.33. The van der Waals surface area contributed by atoms with Crippen molar-refractivity contribution in [3.63, 3.8) is 0 Å². The topological polar surface area (TPSA) is 48.5 Å². The minimum absolute atomic E-state index is 0.0869. The zero-order chi connectivity index (χ0) is 18.5. The number of rotatable bonds is 4. The van der Waals surface area contributed by atoms with Crippen LogP contribution in [-0.2, 0) is 6.54 Å². The van der Waals surface area contributed by atoms with Crippen molar-refractivity contribution in [1.29, 1.82) is 0 Å². The number of likely N-dealkylation sites (tertiary alicyclic amines) is 1. The second-order valence-electron chi connectivity index (χ2n) is 6.98. The molecule has 1 aromatic heterocycles. The van der Waals surface area contributed by atoms with Gasteiger partial charge < -0.3 is 15.1 Å². The molecule has 2 aromatic rings. The number of benzene rings is 1. The Morgan fingerprint density at radius 1 is 1.23 bits per heavy atom. The Hall–Kier alpha value is -2.11. The van der Waals surface area contributed by atoms with Crippen molar-refractivity contribution >= 4 is 23.3 Å². The number of nitrogens with zero attached hydrogens (tertiary/aromatic N) is 3. The Morgan fingerprint density at radius 2 is 2.00 bits per heavy atom. The van der Waals surface area contributed by atoms with E-state index in [-0.39, 0.29) is 12.1 Å². The molecular formula is C20H25ClN4O. The first-order chi connectivity index (χ1) is 12.5. The lowest BCUT2D eigenvalue weighted by Gasteiger charge is -2.36. The summed E-state index contributed by atoms with van der Waals surface area (Å²) in [5, 5.41) is 3.35. The third-order valence-corrected chi connectivity index (χ3v) is 4.83. The van der Waals surface area contributed by atoms with Crippen LogP contribution in [0.2, 0.25) is 5.15 Å². The van der Waals surface area contributed by atoms with Crippen LogP contribution in [0.25, 0.3) is 0 Å². The maximum Gasteiger partial charge on any atom is 0.322 e. The summed E-state index contributed by atoms with van der Waals surface area (Å²) in [5.74, 6) is 0. The Kier molecular flexibility index (Phi) is 6.12. The average Bonchev–Trinajstić information content (AvgIpc) is 2.64. The van der Waals surface area contributed by atoms with E-state index in [1.54, 1.807) is 18.3 Å². The molecule has 0 saturated carbocycles. The summed E-state index contributed by atoms with van der Waals surface area (Å²) in [5.41, 5.74) is 3.12. The number of hydrogen-bond donors (Lipinski definition) is 1. The van der Waals surface area contributed by atoms with Crippen molar-refractivity contribution in [2.75, 3.05) is 26.0 Å². The van der Waals surface area contributed by atoms with E-state index < -0.39 is 0 Å². The fraction of sp³-hybridized carbons (Fsp3) is 0.400. The van der Waals surface area contributed by atoms with E-state index in [1.807, 2.05) is 4.90 Å². The van der Waals surface area contributed by atoms with Crippen LogP contribution >= 0.6 is 11.6 Å². The summed E-state index contributed by atoms with van der Waals surface area (Å²) < 4.78 is 0. The highest BCUT2D eigenvalue weighted by molar-refractivity contribution is 6.29. The molecule has 0 unspecified atom stereocenters. The van der Waals surface area contributed by atoms with Gasteiger partial charge in [0, 0.05) is 13.1 Å². The van der Waals surface area contributed by atoms with Gasteiger partial charge >= 0.3 is 6.03 Å². The SMILES string of the molecule is CN(C)Cc1ccc([C@H]2CCCCN2C(=O)Nc2ccc(Cl)nc2)cc1. The van der Waals surface area contributed by atoms with Gasteiger partial charge in [-0.15, -0.1) is 0 Å². The Bertz CT molecular complexity index is 730.